The Hall–Kier alpha value is -1.71. The van der Waals surface area contributed by atoms with Gasteiger partial charge in [0.1, 0.15) is 17.8 Å². The maximum absolute atomic E-state index is 12.9. The summed E-state index contributed by atoms with van der Waals surface area (Å²) in [5.41, 5.74) is 1.29. The van der Waals surface area contributed by atoms with Crippen LogP contribution in [-0.4, -0.2) is 98.7 Å². The Morgan fingerprint density at radius 3 is 2.38 bits per heavy atom. The van der Waals surface area contributed by atoms with E-state index in [1.807, 2.05) is 23.2 Å². The summed E-state index contributed by atoms with van der Waals surface area (Å²) in [6, 6.07) is 0.848. The van der Waals surface area contributed by atoms with Crippen LogP contribution >= 0.6 is 0 Å². The van der Waals surface area contributed by atoms with Gasteiger partial charge in [-0.2, -0.15) is 0 Å². The van der Waals surface area contributed by atoms with Crippen molar-refractivity contribution in [3.63, 3.8) is 0 Å². The molecule has 162 valence electrons. The van der Waals surface area contributed by atoms with E-state index in [4.69, 9.17) is 0 Å². The third-order valence-corrected chi connectivity index (χ3v) is 7.93. The molecule has 0 spiro atoms. The average molecular weight is 423 g/mol. The molecule has 2 aliphatic rings. The van der Waals surface area contributed by atoms with Gasteiger partial charge in [-0.1, -0.05) is 0 Å². The zero-order chi connectivity index (χ0) is 21.2. The SMILES string of the molecule is C=S(C)(=O)N(C)C1CCN(C2CCN(C(=O)c3ncnc(NC)c3C)CC2)CC1. The lowest BCUT2D eigenvalue weighted by molar-refractivity contribution is 0.0544. The number of hydrogen-bond acceptors (Lipinski definition) is 6. The van der Waals surface area contributed by atoms with E-state index in [-0.39, 0.29) is 5.91 Å². The van der Waals surface area contributed by atoms with E-state index in [1.54, 1.807) is 13.3 Å². The molecule has 8 nitrogen and oxygen atoms in total. The summed E-state index contributed by atoms with van der Waals surface area (Å²) >= 11 is 0. The van der Waals surface area contributed by atoms with Crippen LogP contribution in [-0.2, 0) is 9.71 Å². The highest BCUT2D eigenvalue weighted by molar-refractivity contribution is 7.97. The Morgan fingerprint density at radius 1 is 1.21 bits per heavy atom. The number of anilines is 1. The van der Waals surface area contributed by atoms with Crippen LogP contribution in [0.25, 0.3) is 0 Å². The lowest BCUT2D eigenvalue weighted by Crippen LogP contribution is -2.52. The van der Waals surface area contributed by atoms with E-state index in [0.717, 1.165) is 57.4 Å². The van der Waals surface area contributed by atoms with Crippen LogP contribution in [0.1, 0.15) is 41.7 Å². The quantitative estimate of drug-likeness (QED) is 0.716. The minimum Gasteiger partial charge on any atom is -0.373 e. The Balaban J connectivity index is 1.53. The molecule has 1 unspecified atom stereocenters. The zero-order valence-corrected chi connectivity index (χ0v) is 18.9. The summed E-state index contributed by atoms with van der Waals surface area (Å²) in [5.74, 6) is 4.50. The number of likely N-dealkylation sites (tertiary alicyclic amines) is 2. The van der Waals surface area contributed by atoms with Crippen molar-refractivity contribution >= 4 is 27.3 Å². The van der Waals surface area contributed by atoms with Crippen molar-refractivity contribution in [1.29, 1.82) is 0 Å². The van der Waals surface area contributed by atoms with Gasteiger partial charge in [0.05, 0.1) is 0 Å². The van der Waals surface area contributed by atoms with Crippen LogP contribution in [0.2, 0.25) is 0 Å². The minimum atomic E-state index is -2.14. The Labute approximate surface area is 174 Å². The molecule has 0 aromatic carbocycles. The van der Waals surface area contributed by atoms with Gasteiger partial charge in [0, 0.05) is 53.7 Å². The first kappa shape index (κ1) is 22.0. The number of amides is 1. The molecule has 1 aromatic heterocycles. The summed E-state index contributed by atoms with van der Waals surface area (Å²) in [6.07, 6.45) is 7.15. The number of rotatable bonds is 5. The third-order valence-electron chi connectivity index (χ3n) is 6.41. The van der Waals surface area contributed by atoms with Crippen molar-refractivity contribution in [3.05, 3.63) is 17.6 Å². The van der Waals surface area contributed by atoms with Crippen molar-refractivity contribution < 1.29 is 9.00 Å². The van der Waals surface area contributed by atoms with Crippen molar-refractivity contribution in [3.8, 4) is 0 Å². The first-order chi connectivity index (χ1) is 13.7. The maximum atomic E-state index is 12.9. The summed E-state index contributed by atoms with van der Waals surface area (Å²) in [5, 5.41) is 3.01. The fourth-order valence-electron chi connectivity index (χ4n) is 4.43. The first-order valence-corrected chi connectivity index (χ1v) is 12.4. The molecule has 1 N–H and O–H groups in total. The van der Waals surface area contributed by atoms with Gasteiger partial charge in [0.2, 0.25) is 0 Å². The van der Waals surface area contributed by atoms with Gasteiger partial charge in [0.15, 0.2) is 0 Å². The molecular formula is C20H34N6O2S. The second kappa shape index (κ2) is 8.97. The minimum absolute atomic E-state index is 0.00617. The van der Waals surface area contributed by atoms with Gasteiger partial charge in [-0.25, -0.2) is 14.3 Å². The number of nitrogens with one attached hydrogen (secondary N) is 1. The van der Waals surface area contributed by atoms with Gasteiger partial charge in [-0.15, -0.1) is 0 Å². The smallest absolute Gasteiger partial charge is 0.272 e. The zero-order valence-electron chi connectivity index (χ0n) is 18.1. The van der Waals surface area contributed by atoms with Crippen molar-refractivity contribution in [2.24, 2.45) is 0 Å². The maximum Gasteiger partial charge on any atom is 0.272 e. The molecule has 0 saturated carbocycles. The fraction of sp³-hybridized carbons (Fsp3) is 0.700. The number of nitrogens with zero attached hydrogens (tertiary/aromatic N) is 5. The predicted molar refractivity (Wildman–Crippen MR) is 119 cm³/mol. The van der Waals surface area contributed by atoms with Crippen molar-refractivity contribution in [1.82, 2.24) is 24.1 Å². The van der Waals surface area contributed by atoms with E-state index >= 15 is 0 Å². The van der Waals surface area contributed by atoms with E-state index in [2.05, 4.69) is 26.1 Å². The van der Waals surface area contributed by atoms with Crippen LogP contribution in [0.3, 0.4) is 0 Å². The van der Waals surface area contributed by atoms with E-state index in [1.165, 1.54) is 6.33 Å². The van der Waals surface area contributed by atoms with Crippen LogP contribution in [0, 0.1) is 6.92 Å². The van der Waals surface area contributed by atoms with Gasteiger partial charge >= 0.3 is 0 Å². The standard InChI is InChI=1S/C20H34N6O2S/c1-15-18(22-14-23-19(15)21-2)20(27)26-12-8-17(9-13-26)25-10-6-16(7-11-25)24(3)29(4,5)28/h14,16-17H,4,6-13H2,1-3,5H3,(H,21,22,23). The average Bonchev–Trinajstić information content (AvgIpc) is 2.72. The largest absolute Gasteiger partial charge is 0.373 e. The van der Waals surface area contributed by atoms with Crippen molar-refractivity contribution in [2.75, 3.05) is 51.8 Å². The third kappa shape index (κ3) is 4.90. The monoisotopic (exact) mass is 422 g/mol. The van der Waals surface area contributed by atoms with E-state index < -0.39 is 9.71 Å². The highest BCUT2D eigenvalue weighted by Gasteiger charge is 2.32. The highest BCUT2D eigenvalue weighted by Crippen LogP contribution is 2.25. The summed E-state index contributed by atoms with van der Waals surface area (Å²) in [6.45, 7) is 5.42. The van der Waals surface area contributed by atoms with Gasteiger partial charge < -0.3 is 15.1 Å². The summed E-state index contributed by atoms with van der Waals surface area (Å²) in [7, 11) is 1.58. The van der Waals surface area contributed by atoms with Crippen molar-refractivity contribution in [2.45, 2.75) is 44.7 Å². The number of carbonyl (C=O) groups is 1. The molecule has 2 fully saturated rings. The van der Waals surface area contributed by atoms with E-state index in [9.17, 15) is 9.00 Å². The second-order valence-corrected chi connectivity index (χ2v) is 10.7. The predicted octanol–water partition coefficient (Wildman–Crippen LogP) is 1.09. The summed E-state index contributed by atoms with van der Waals surface area (Å²) in [4.78, 5) is 25.8. The molecule has 1 aromatic rings. The Kier molecular flexibility index (Phi) is 6.80. The van der Waals surface area contributed by atoms with Gasteiger partial charge in [0.25, 0.3) is 5.91 Å². The molecular weight excluding hydrogens is 388 g/mol. The number of hydrogen-bond donors (Lipinski definition) is 1. The van der Waals surface area contributed by atoms with Gasteiger partial charge in [-0.3, -0.25) is 9.00 Å². The Morgan fingerprint density at radius 2 is 1.83 bits per heavy atom. The van der Waals surface area contributed by atoms with Crippen LogP contribution in [0.15, 0.2) is 6.33 Å². The molecule has 2 aliphatic heterocycles. The van der Waals surface area contributed by atoms with Crippen LogP contribution in [0.4, 0.5) is 5.82 Å². The summed E-state index contributed by atoms with van der Waals surface area (Å²) < 4.78 is 14.2. The molecule has 29 heavy (non-hydrogen) atoms. The second-order valence-electron chi connectivity index (χ2n) is 8.24. The molecule has 0 aliphatic carbocycles. The van der Waals surface area contributed by atoms with Crippen LogP contribution in [0.5, 0.6) is 0 Å². The number of carbonyl (C=O) groups excluding carboxylic acids is 1. The van der Waals surface area contributed by atoms with Gasteiger partial charge in [-0.05, 0) is 58.6 Å². The van der Waals surface area contributed by atoms with E-state index in [0.29, 0.717) is 23.6 Å². The lowest BCUT2D eigenvalue weighted by atomic mass is 9.97. The molecule has 0 bridgehead atoms. The molecule has 0 radical (unpaired) electrons. The molecule has 3 heterocycles. The normalized spacial score (nSPS) is 21.9. The first-order valence-electron chi connectivity index (χ1n) is 10.3. The molecule has 1 amide bonds. The molecule has 9 heteroatoms. The highest BCUT2D eigenvalue weighted by atomic mass is 32.2. The Bertz CT molecular complexity index is 827. The number of aromatic nitrogens is 2. The number of piperidine rings is 2. The lowest BCUT2D eigenvalue weighted by Gasteiger charge is -2.43. The molecule has 2 saturated heterocycles. The van der Waals surface area contributed by atoms with Crippen LogP contribution < -0.4 is 5.32 Å². The fourth-order valence-corrected chi connectivity index (χ4v) is 5.27. The molecule has 3 rings (SSSR count). The molecule has 1 atom stereocenters. The topological polar surface area (TPSA) is 81.7 Å².